The summed E-state index contributed by atoms with van der Waals surface area (Å²) in [5.41, 5.74) is 5.79. The number of nitrogens with one attached hydrogen (secondary N) is 2. The Hall–Kier alpha value is -2.40. The van der Waals surface area contributed by atoms with Crippen LogP contribution in [0.2, 0.25) is 5.02 Å². The molecule has 1 aliphatic rings. The molecule has 0 aromatic heterocycles. The van der Waals surface area contributed by atoms with E-state index in [4.69, 9.17) is 11.6 Å². The van der Waals surface area contributed by atoms with Crippen LogP contribution in [-0.2, 0) is 21.4 Å². The molecule has 0 saturated heterocycles. The fraction of sp³-hybridized carbons (Fsp3) is 0.222. The van der Waals surface area contributed by atoms with E-state index in [0.29, 0.717) is 23.4 Å². The molecule has 0 aliphatic heterocycles. The Labute approximate surface area is 144 Å². The molecule has 0 spiro atoms. The lowest BCUT2D eigenvalue weighted by Crippen LogP contribution is -2.47. The Bertz CT molecular complexity index is 773. The minimum Gasteiger partial charge on any atom is -0.273 e. The summed E-state index contributed by atoms with van der Waals surface area (Å²) in [4.78, 5) is 24.3. The normalized spacial score (nSPS) is 14.8. The van der Waals surface area contributed by atoms with Gasteiger partial charge in [0, 0.05) is 5.02 Å². The largest absolute Gasteiger partial charge is 0.273 e. The Morgan fingerprint density at radius 2 is 1.79 bits per heavy atom. The molecule has 6 heteroatoms. The molecule has 2 aromatic rings. The number of rotatable bonds is 4. The third-order valence-corrected chi connectivity index (χ3v) is 4.39. The summed E-state index contributed by atoms with van der Waals surface area (Å²) in [5, 5.41) is 0.576. The Balaban J connectivity index is 1.57. The number of carbonyl (C=O) groups is 2. The Morgan fingerprint density at radius 1 is 1.08 bits per heavy atom. The van der Waals surface area contributed by atoms with Gasteiger partial charge < -0.3 is 0 Å². The highest BCUT2D eigenvalue weighted by molar-refractivity contribution is 6.30. The van der Waals surface area contributed by atoms with Crippen molar-refractivity contribution in [2.45, 2.75) is 24.7 Å². The van der Waals surface area contributed by atoms with E-state index in [2.05, 4.69) is 10.9 Å². The minimum absolute atomic E-state index is 0.0602. The molecular formula is C18H16ClFN2O2. The van der Waals surface area contributed by atoms with Gasteiger partial charge in [-0.1, -0.05) is 35.9 Å². The highest BCUT2D eigenvalue weighted by Gasteiger charge is 2.51. The molecular weight excluding hydrogens is 331 g/mol. The van der Waals surface area contributed by atoms with E-state index in [9.17, 15) is 14.0 Å². The topological polar surface area (TPSA) is 58.2 Å². The van der Waals surface area contributed by atoms with Gasteiger partial charge in [-0.3, -0.25) is 20.4 Å². The van der Waals surface area contributed by atoms with Gasteiger partial charge in [0.05, 0.1) is 11.8 Å². The number of hydrogen-bond donors (Lipinski definition) is 2. The van der Waals surface area contributed by atoms with Crippen molar-refractivity contribution in [3.05, 3.63) is 70.5 Å². The first-order chi connectivity index (χ1) is 11.5. The van der Waals surface area contributed by atoms with E-state index >= 15 is 0 Å². The van der Waals surface area contributed by atoms with Gasteiger partial charge in [-0.05, 0) is 48.2 Å². The van der Waals surface area contributed by atoms with Gasteiger partial charge in [0.25, 0.3) is 0 Å². The monoisotopic (exact) mass is 346 g/mol. The van der Waals surface area contributed by atoms with Crippen LogP contribution in [0.3, 0.4) is 0 Å². The molecule has 1 fully saturated rings. The molecule has 2 amide bonds. The molecule has 0 radical (unpaired) electrons. The predicted molar refractivity (Wildman–Crippen MR) is 88.8 cm³/mol. The van der Waals surface area contributed by atoms with Crippen LogP contribution in [-0.4, -0.2) is 11.8 Å². The van der Waals surface area contributed by atoms with Gasteiger partial charge >= 0.3 is 0 Å². The third kappa shape index (κ3) is 3.57. The van der Waals surface area contributed by atoms with Crippen LogP contribution in [0.4, 0.5) is 4.39 Å². The van der Waals surface area contributed by atoms with Crippen molar-refractivity contribution in [2.24, 2.45) is 0 Å². The van der Waals surface area contributed by atoms with Crippen molar-refractivity contribution in [3.8, 4) is 0 Å². The molecule has 0 unspecified atom stereocenters. The zero-order chi connectivity index (χ0) is 17.2. The summed E-state index contributed by atoms with van der Waals surface area (Å²) in [5.74, 6) is -0.973. The number of carbonyl (C=O) groups excluding carboxylic acids is 2. The van der Waals surface area contributed by atoms with Gasteiger partial charge in [0.1, 0.15) is 5.82 Å². The van der Waals surface area contributed by atoms with Gasteiger partial charge in [-0.2, -0.15) is 0 Å². The molecule has 0 bridgehead atoms. The zero-order valence-corrected chi connectivity index (χ0v) is 13.6. The lowest BCUT2D eigenvalue weighted by molar-refractivity contribution is -0.130. The summed E-state index contributed by atoms with van der Waals surface area (Å²) in [6.45, 7) is 0. The Kier molecular flexibility index (Phi) is 4.53. The molecule has 1 aliphatic carbocycles. The average molecular weight is 347 g/mol. The molecule has 124 valence electrons. The predicted octanol–water partition coefficient (Wildman–Crippen LogP) is 2.90. The van der Waals surface area contributed by atoms with Crippen LogP contribution in [0, 0.1) is 5.82 Å². The molecule has 2 aromatic carbocycles. The highest BCUT2D eigenvalue weighted by atomic mass is 35.5. The number of amides is 2. The fourth-order valence-corrected chi connectivity index (χ4v) is 2.83. The maximum Gasteiger partial charge on any atom is 0.249 e. The quantitative estimate of drug-likeness (QED) is 0.836. The van der Waals surface area contributed by atoms with Crippen LogP contribution in [0.25, 0.3) is 0 Å². The molecule has 2 N–H and O–H groups in total. The van der Waals surface area contributed by atoms with Crippen LogP contribution in [0.5, 0.6) is 0 Å². The van der Waals surface area contributed by atoms with Crippen molar-refractivity contribution in [1.82, 2.24) is 10.9 Å². The fourth-order valence-electron chi connectivity index (χ4n) is 2.64. The van der Waals surface area contributed by atoms with Gasteiger partial charge in [0.2, 0.25) is 11.8 Å². The molecule has 4 nitrogen and oxygen atoms in total. The molecule has 0 atom stereocenters. The van der Waals surface area contributed by atoms with Crippen molar-refractivity contribution in [1.29, 1.82) is 0 Å². The van der Waals surface area contributed by atoms with Crippen LogP contribution < -0.4 is 10.9 Å². The lowest BCUT2D eigenvalue weighted by atomic mass is 9.95. The van der Waals surface area contributed by atoms with E-state index in [-0.39, 0.29) is 24.1 Å². The summed E-state index contributed by atoms with van der Waals surface area (Å²) in [7, 11) is 0. The van der Waals surface area contributed by atoms with E-state index in [1.165, 1.54) is 24.3 Å². The van der Waals surface area contributed by atoms with E-state index in [1.54, 1.807) is 18.2 Å². The average Bonchev–Trinajstić information content (AvgIpc) is 3.37. The SMILES string of the molecule is O=C(Cc1ccc(F)cc1)NNC(=O)C1(c2cccc(Cl)c2)CC1. The summed E-state index contributed by atoms with van der Waals surface area (Å²) < 4.78 is 12.8. The van der Waals surface area contributed by atoms with E-state index in [1.807, 2.05) is 6.07 Å². The third-order valence-electron chi connectivity index (χ3n) is 4.16. The highest BCUT2D eigenvalue weighted by Crippen LogP contribution is 2.48. The second-order valence-electron chi connectivity index (χ2n) is 5.90. The van der Waals surface area contributed by atoms with Crippen molar-refractivity contribution in [2.75, 3.05) is 0 Å². The lowest BCUT2D eigenvalue weighted by Gasteiger charge is -2.16. The van der Waals surface area contributed by atoms with Crippen LogP contribution >= 0.6 is 11.6 Å². The minimum atomic E-state index is -0.617. The second-order valence-corrected chi connectivity index (χ2v) is 6.33. The number of hydrogen-bond acceptors (Lipinski definition) is 2. The van der Waals surface area contributed by atoms with Gasteiger partial charge in [-0.25, -0.2) is 4.39 Å². The first kappa shape index (κ1) is 16.5. The maximum atomic E-state index is 12.8. The molecule has 24 heavy (non-hydrogen) atoms. The summed E-state index contributed by atoms with van der Waals surface area (Å²) in [6.07, 6.45) is 1.49. The molecule has 0 heterocycles. The number of benzene rings is 2. The number of halogens is 2. The van der Waals surface area contributed by atoms with Gasteiger partial charge in [-0.15, -0.1) is 0 Å². The van der Waals surface area contributed by atoms with Gasteiger partial charge in [0.15, 0.2) is 0 Å². The standard InChI is InChI=1S/C18H16ClFN2O2/c19-14-3-1-2-13(11-14)18(8-9-18)17(24)22-21-16(23)10-12-4-6-15(20)7-5-12/h1-7,11H,8-10H2,(H,21,23)(H,22,24). The van der Waals surface area contributed by atoms with Crippen molar-refractivity contribution < 1.29 is 14.0 Å². The first-order valence-electron chi connectivity index (χ1n) is 7.59. The van der Waals surface area contributed by atoms with Crippen LogP contribution in [0.15, 0.2) is 48.5 Å². The zero-order valence-electron chi connectivity index (χ0n) is 12.8. The van der Waals surface area contributed by atoms with E-state index in [0.717, 1.165) is 5.56 Å². The smallest absolute Gasteiger partial charge is 0.249 e. The molecule has 1 saturated carbocycles. The first-order valence-corrected chi connectivity index (χ1v) is 7.97. The summed E-state index contributed by atoms with van der Waals surface area (Å²) in [6, 6.07) is 12.8. The maximum absolute atomic E-state index is 12.8. The van der Waals surface area contributed by atoms with Crippen LogP contribution in [0.1, 0.15) is 24.0 Å². The van der Waals surface area contributed by atoms with E-state index < -0.39 is 5.41 Å². The second kappa shape index (κ2) is 6.61. The summed E-state index contributed by atoms with van der Waals surface area (Å²) >= 11 is 5.98. The number of hydrazine groups is 1. The Morgan fingerprint density at radius 3 is 2.42 bits per heavy atom. The van der Waals surface area contributed by atoms with Crippen molar-refractivity contribution >= 4 is 23.4 Å². The molecule has 3 rings (SSSR count). The van der Waals surface area contributed by atoms with Crippen molar-refractivity contribution in [3.63, 3.8) is 0 Å².